The Morgan fingerprint density at radius 2 is 1.76 bits per heavy atom. The molecule has 0 spiro atoms. The lowest BCUT2D eigenvalue weighted by Crippen LogP contribution is -2.25. The Balaban J connectivity index is 2.04. The molecular formula is C18H22FNO. The Hall–Kier alpha value is -1.87. The van der Waals surface area contributed by atoms with Gasteiger partial charge in [0.25, 0.3) is 0 Å². The van der Waals surface area contributed by atoms with E-state index in [1.807, 2.05) is 18.2 Å². The zero-order chi connectivity index (χ0) is 15.1. The van der Waals surface area contributed by atoms with Crippen molar-refractivity contribution in [2.75, 3.05) is 13.1 Å². The van der Waals surface area contributed by atoms with Gasteiger partial charge in [0.05, 0.1) is 0 Å². The van der Waals surface area contributed by atoms with E-state index >= 15 is 0 Å². The van der Waals surface area contributed by atoms with Gasteiger partial charge >= 0.3 is 0 Å². The van der Waals surface area contributed by atoms with Gasteiger partial charge in [0.1, 0.15) is 11.6 Å². The number of aromatic hydroxyl groups is 1. The van der Waals surface area contributed by atoms with Gasteiger partial charge in [-0.05, 0) is 67.2 Å². The molecule has 3 heteroatoms. The van der Waals surface area contributed by atoms with E-state index in [2.05, 4.69) is 12.2 Å². The molecule has 2 aromatic carbocycles. The molecule has 2 aromatic rings. The molecule has 0 aliphatic carbocycles. The topological polar surface area (TPSA) is 32.3 Å². The predicted octanol–water partition coefficient (Wildman–Crippen LogP) is 3.54. The summed E-state index contributed by atoms with van der Waals surface area (Å²) in [5, 5.41) is 12.7. The minimum absolute atomic E-state index is 0.181. The number of phenols is 1. The summed E-state index contributed by atoms with van der Waals surface area (Å²) in [6.45, 7) is 3.91. The summed E-state index contributed by atoms with van der Waals surface area (Å²) in [7, 11) is 0. The maximum Gasteiger partial charge on any atom is 0.123 e. The summed E-state index contributed by atoms with van der Waals surface area (Å²) in [5.74, 6) is 0.503. The van der Waals surface area contributed by atoms with Crippen LogP contribution in [-0.2, 0) is 12.8 Å². The summed E-state index contributed by atoms with van der Waals surface area (Å²) in [6, 6.07) is 14.1. The molecule has 0 aliphatic rings. The van der Waals surface area contributed by atoms with Crippen LogP contribution in [0.25, 0.3) is 0 Å². The van der Waals surface area contributed by atoms with E-state index in [4.69, 9.17) is 0 Å². The average Bonchev–Trinajstić information content (AvgIpc) is 2.47. The maximum absolute atomic E-state index is 13.3. The molecule has 2 rings (SSSR count). The van der Waals surface area contributed by atoms with E-state index < -0.39 is 0 Å². The SMILES string of the molecule is CCNCC(Cc1ccc(O)cc1)Cc1cccc(F)c1. The molecule has 21 heavy (non-hydrogen) atoms. The smallest absolute Gasteiger partial charge is 0.123 e. The quantitative estimate of drug-likeness (QED) is 0.816. The van der Waals surface area contributed by atoms with Gasteiger partial charge in [0.15, 0.2) is 0 Å². The van der Waals surface area contributed by atoms with Crippen LogP contribution >= 0.6 is 0 Å². The van der Waals surface area contributed by atoms with Crippen molar-refractivity contribution in [3.8, 4) is 5.75 Å². The summed E-state index contributed by atoms with van der Waals surface area (Å²) < 4.78 is 13.3. The average molecular weight is 287 g/mol. The Kier molecular flexibility index (Phi) is 5.76. The molecule has 0 amide bonds. The normalized spacial score (nSPS) is 12.3. The number of rotatable bonds is 7. The molecule has 0 bridgehead atoms. The van der Waals surface area contributed by atoms with Crippen LogP contribution in [0.5, 0.6) is 5.75 Å². The molecule has 0 radical (unpaired) electrons. The Bertz CT molecular complexity index is 553. The van der Waals surface area contributed by atoms with E-state index in [0.717, 1.165) is 31.5 Å². The third-order valence-corrected chi connectivity index (χ3v) is 3.56. The van der Waals surface area contributed by atoms with Crippen LogP contribution in [0, 0.1) is 11.7 Å². The van der Waals surface area contributed by atoms with E-state index in [9.17, 15) is 9.50 Å². The number of nitrogens with one attached hydrogen (secondary N) is 1. The summed E-state index contributed by atoms with van der Waals surface area (Å²) >= 11 is 0. The molecule has 112 valence electrons. The molecular weight excluding hydrogens is 265 g/mol. The maximum atomic E-state index is 13.3. The van der Waals surface area contributed by atoms with Gasteiger partial charge in [-0.1, -0.05) is 31.2 Å². The first-order valence-electron chi connectivity index (χ1n) is 7.40. The number of halogens is 1. The van der Waals surface area contributed by atoms with Crippen molar-refractivity contribution in [3.63, 3.8) is 0 Å². The van der Waals surface area contributed by atoms with Crippen LogP contribution in [0.3, 0.4) is 0 Å². The van der Waals surface area contributed by atoms with Gasteiger partial charge in [-0.25, -0.2) is 4.39 Å². The first-order valence-corrected chi connectivity index (χ1v) is 7.40. The van der Waals surface area contributed by atoms with Gasteiger partial charge in [-0.15, -0.1) is 0 Å². The van der Waals surface area contributed by atoms with Gasteiger partial charge in [-0.2, -0.15) is 0 Å². The zero-order valence-corrected chi connectivity index (χ0v) is 12.3. The molecule has 1 unspecified atom stereocenters. The van der Waals surface area contributed by atoms with Crippen LogP contribution in [-0.4, -0.2) is 18.2 Å². The lowest BCUT2D eigenvalue weighted by molar-refractivity contribution is 0.469. The number of phenolic OH excluding ortho intramolecular Hbond substituents is 1. The number of hydrogen-bond acceptors (Lipinski definition) is 2. The second-order valence-electron chi connectivity index (χ2n) is 5.38. The zero-order valence-electron chi connectivity index (χ0n) is 12.3. The molecule has 0 aliphatic heterocycles. The first kappa shape index (κ1) is 15.5. The number of hydrogen-bond donors (Lipinski definition) is 2. The van der Waals surface area contributed by atoms with Crippen LogP contribution in [0.1, 0.15) is 18.1 Å². The summed E-state index contributed by atoms with van der Waals surface area (Å²) in [6.07, 6.45) is 1.75. The van der Waals surface area contributed by atoms with Crippen molar-refractivity contribution >= 4 is 0 Å². The molecule has 1 atom stereocenters. The fourth-order valence-electron chi connectivity index (χ4n) is 2.53. The fraction of sp³-hybridized carbons (Fsp3) is 0.333. The molecule has 0 saturated heterocycles. The van der Waals surface area contributed by atoms with Crippen molar-refractivity contribution in [1.29, 1.82) is 0 Å². The van der Waals surface area contributed by atoms with Crippen LogP contribution < -0.4 is 5.32 Å². The largest absolute Gasteiger partial charge is 0.508 e. The standard InChI is InChI=1S/C18H22FNO/c1-2-20-13-16(10-14-6-8-18(21)9-7-14)11-15-4-3-5-17(19)12-15/h3-9,12,16,20-21H,2,10-11,13H2,1H3. The molecule has 2 nitrogen and oxygen atoms in total. The van der Waals surface area contributed by atoms with Gasteiger partial charge in [0.2, 0.25) is 0 Å². The van der Waals surface area contributed by atoms with Crippen LogP contribution in [0.15, 0.2) is 48.5 Å². The summed E-state index contributed by atoms with van der Waals surface area (Å²) in [4.78, 5) is 0. The van der Waals surface area contributed by atoms with Gasteiger partial charge < -0.3 is 10.4 Å². The molecule has 0 saturated carbocycles. The van der Waals surface area contributed by atoms with Gasteiger partial charge in [0, 0.05) is 0 Å². The first-order chi connectivity index (χ1) is 10.2. The van der Waals surface area contributed by atoms with E-state index in [1.165, 1.54) is 11.6 Å². The highest BCUT2D eigenvalue weighted by Gasteiger charge is 2.11. The van der Waals surface area contributed by atoms with Crippen molar-refractivity contribution in [2.45, 2.75) is 19.8 Å². The van der Waals surface area contributed by atoms with Crippen molar-refractivity contribution in [2.24, 2.45) is 5.92 Å². The van der Waals surface area contributed by atoms with Crippen molar-refractivity contribution in [1.82, 2.24) is 5.32 Å². The molecule has 0 heterocycles. The Morgan fingerprint density at radius 1 is 1.05 bits per heavy atom. The molecule has 2 N–H and O–H groups in total. The van der Waals surface area contributed by atoms with E-state index in [-0.39, 0.29) is 11.6 Å². The molecule has 0 fully saturated rings. The lowest BCUT2D eigenvalue weighted by atomic mass is 9.92. The second-order valence-corrected chi connectivity index (χ2v) is 5.38. The second kappa shape index (κ2) is 7.79. The van der Waals surface area contributed by atoms with Crippen molar-refractivity contribution in [3.05, 3.63) is 65.5 Å². The third kappa shape index (κ3) is 5.20. The highest BCUT2D eigenvalue weighted by molar-refractivity contribution is 5.26. The lowest BCUT2D eigenvalue weighted by Gasteiger charge is -2.18. The number of benzene rings is 2. The highest BCUT2D eigenvalue weighted by atomic mass is 19.1. The Morgan fingerprint density at radius 3 is 2.43 bits per heavy atom. The van der Waals surface area contributed by atoms with Crippen LogP contribution in [0.2, 0.25) is 0 Å². The monoisotopic (exact) mass is 287 g/mol. The van der Waals surface area contributed by atoms with Gasteiger partial charge in [-0.3, -0.25) is 0 Å². The van der Waals surface area contributed by atoms with E-state index in [1.54, 1.807) is 24.3 Å². The van der Waals surface area contributed by atoms with E-state index in [0.29, 0.717) is 5.92 Å². The highest BCUT2D eigenvalue weighted by Crippen LogP contribution is 2.17. The Labute approximate surface area is 125 Å². The minimum Gasteiger partial charge on any atom is -0.508 e. The van der Waals surface area contributed by atoms with Crippen molar-refractivity contribution < 1.29 is 9.50 Å². The molecule has 0 aromatic heterocycles. The fourth-order valence-corrected chi connectivity index (χ4v) is 2.53. The van der Waals surface area contributed by atoms with Crippen LogP contribution in [0.4, 0.5) is 4.39 Å². The third-order valence-electron chi connectivity index (χ3n) is 3.56. The minimum atomic E-state index is -0.181. The summed E-state index contributed by atoms with van der Waals surface area (Å²) in [5.41, 5.74) is 2.21. The predicted molar refractivity (Wildman–Crippen MR) is 83.9 cm³/mol.